The number of methoxy groups -OCH3 is 2. The molecule has 0 bridgehead atoms. The third kappa shape index (κ3) is 11.3. The molecule has 0 amide bonds. The minimum absolute atomic E-state index is 0.229. The van der Waals surface area contributed by atoms with Crippen LogP contribution in [0.1, 0.15) is 64.4 Å². The van der Waals surface area contributed by atoms with E-state index >= 15 is 0 Å². The van der Waals surface area contributed by atoms with E-state index < -0.39 is 0 Å². The maximum Gasteiger partial charge on any atom is 0.139 e. The number of anilines is 1. The minimum atomic E-state index is 0.229. The second kappa shape index (κ2) is 18.2. The molecule has 0 aromatic heterocycles. The first-order valence-electron chi connectivity index (χ1n) is 13.0. The van der Waals surface area contributed by atoms with Crippen LogP contribution in [0.2, 0.25) is 5.02 Å². The van der Waals surface area contributed by atoms with Crippen molar-refractivity contribution in [2.24, 2.45) is 5.92 Å². The zero-order chi connectivity index (χ0) is 26.9. The predicted molar refractivity (Wildman–Crippen MR) is 154 cm³/mol. The number of halogens is 1. The molecule has 0 radical (unpaired) electrons. The smallest absolute Gasteiger partial charge is 0.139 e. The number of nitrogens with one attached hydrogen (secondary N) is 1. The van der Waals surface area contributed by atoms with E-state index in [1.807, 2.05) is 25.1 Å². The highest BCUT2D eigenvalue weighted by Gasteiger charge is 2.19. The number of benzene rings is 1. The second-order valence-corrected chi connectivity index (χ2v) is 9.88. The molecule has 202 valence electrons. The van der Waals surface area contributed by atoms with Gasteiger partial charge in [-0.15, -0.1) is 0 Å². The number of unbranched alkanes of at least 4 members (excludes halogenated alkanes) is 1. The summed E-state index contributed by atoms with van der Waals surface area (Å²) in [6, 6.07) is 4.38. The quantitative estimate of drug-likeness (QED) is 0.156. The number of aldehydes is 1. The number of ether oxygens (including phenoxy) is 2. The number of allylic oxidation sites excluding steroid dienone is 3. The Kier molecular flexibility index (Phi) is 16.2. The van der Waals surface area contributed by atoms with Crippen LogP contribution in [0.4, 0.5) is 5.69 Å². The van der Waals surface area contributed by atoms with E-state index in [-0.39, 0.29) is 6.10 Å². The molecule has 1 N–H and O–H groups in total. The second-order valence-electron chi connectivity index (χ2n) is 9.50. The van der Waals surface area contributed by atoms with Gasteiger partial charge in [-0.3, -0.25) is 0 Å². The molecule has 1 aromatic rings. The molecule has 0 spiro atoms. The van der Waals surface area contributed by atoms with E-state index in [1.54, 1.807) is 20.4 Å². The molecule has 0 saturated heterocycles. The summed E-state index contributed by atoms with van der Waals surface area (Å²) in [6.07, 6.45) is 17.0. The monoisotopic (exact) mass is 518 g/mol. The van der Waals surface area contributed by atoms with Gasteiger partial charge in [0.2, 0.25) is 0 Å². The molecular weight excluding hydrogens is 472 g/mol. The zero-order valence-corrected chi connectivity index (χ0v) is 23.9. The Hall–Kier alpha value is -2.08. The summed E-state index contributed by atoms with van der Waals surface area (Å²) in [5.41, 5.74) is 3.24. The van der Waals surface area contributed by atoms with Gasteiger partial charge in [0.15, 0.2) is 0 Å². The van der Waals surface area contributed by atoms with E-state index in [9.17, 15) is 4.79 Å². The van der Waals surface area contributed by atoms with Crippen LogP contribution in [0, 0.1) is 5.92 Å². The number of rotatable bonds is 19. The van der Waals surface area contributed by atoms with E-state index in [4.69, 9.17) is 21.1 Å². The summed E-state index contributed by atoms with van der Waals surface area (Å²) in [5.74, 6) is 0.989. The van der Waals surface area contributed by atoms with Crippen LogP contribution in [0.25, 0.3) is 0 Å². The van der Waals surface area contributed by atoms with Gasteiger partial charge in [0, 0.05) is 26.6 Å². The van der Waals surface area contributed by atoms with Gasteiger partial charge < -0.3 is 24.5 Å². The van der Waals surface area contributed by atoms with Crippen LogP contribution < -0.4 is 15.0 Å². The van der Waals surface area contributed by atoms with Gasteiger partial charge in [-0.2, -0.15) is 0 Å². The van der Waals surface area contributed by atoms with Gasteiger partial charge >= 0.3 is 0 Å². The molecule has 6 heteroatoms. The van der Waals surface area contributed by atoms with Crippen LogP contribution in [-0.2, 0) is 16.0 Å². The van der Waals surface area contributed by atoms with Crippen molar-refractivity contribution in [3.05, 3.63) is 59.3 Å². The summed E-state index contributed by atoms with van der Waals surface area (Å²) < 4.78 is 11.2. The highest BCUT2D eigenvalue weighted by molar-refractivity contribution is 6.34. The van der Waals surface area contributed by atoms with E-state index in [0.29, 0.717) is 29.2 Å². The molecule has 0 aliphatic rings. The Morgan fingerprint density at radius 2 is 2.00 bits per heavy atom. The molecule has 3 unspecified atom stereocenters. The highest BCUT2D eigenvalue weighted by Crippen LogP contribution is 2.36. The van der Waals surface area contributed by atoms with Gasteiger partial charge in [0.25, 0.3) is 0 Å². The third-order valence-electron chi connectivity index (χ3n) is 6.64. The molecule has 1 rings (SSSR count). The number of hydrogen-bond acceptors (Lipinski definition) is 5. The third-order valence-corrected chi connectivity index (χ3v) is 7.02. The normalized spacial score (nSPS) is 14.5. The van der Waals surface area contributed by atoms with Crippen molar-refractivity contribution >= 4 is 23.6 Å². The lowest BCUT2D eigenvalue weighted by Crippen LogP contribution is -2.29. The first-order valence-corrected chi connectivity index (χ1v) is 13.4. The molecule has 36 heavy (non-hydrogen) atoms. The van der Waals surface area contributed by atoms with E-state index in [2.05, 4.69) is 50.0 Å². The van der Waals surface area contributed by atoms with Crippen LogP contribution in [-0.4, -0.2) is 46.7 Å². The molecule has 1 aromatic carbocycles. The number of hydrogen-bond donors (Lipinski definition) is 1. The lowest BCUT2D eigenvalue weighted by molar-refractivity contribution is -0.109. The molecule has 3 atom stereocenters. The fraction of sp³-hybridized carbons (Fsp3) is 0.567. The SMILES string of the molecule is C=CN(C)c1cc(C/C(C)=C/C=C/CC(CC(CC=O)CC(CCCC)OC)NC)cc(OC)c1Cl. The Morgan fingerprint density at radius 3 is 2.58 bits per heavy atom. The first kappa shape index (κ1) is 31.9. The fourth-order valence-electron chi connectivity index (χ4n) is 4.39. The average molecular weight is 519 g/mol. The molecule has 0 aliphatic carbocycles. The molecular formula is C30H47ClN2O3. The predicted octanol–water partition coefficient (Wildman–Crippen LogP) is 7.14. The summed E-state index contributed by atoms with van der Waals surface area (Å²) in [7, 11) is 7.33. The highest BCUT2D eigenvalue weighted by atomic mass is 35.5. The lowest BCUT2D eigenvalue weighted by Gasteiger charge is -2.25. The maximum atomic E-state index is 11.3. The molecule has 5 nitrogen and oxygen atoms in total. The molecule has 0 aliphatic heterocycles. The lowest BCUT2D eigenvalue weighted by atomic mass is 9.89. The summed E-state index contributed by atoms with van der Waals surface area (Å²) >= 11 is 6.48. The van der Waals surface area contributed by atoms with Gasteiger partial charge in [0.1, 0.15) is 17.1 Å². The summed E-state index contributed by atoms with van der Waals surface area (Å²) in [5, 5.41) is 4.01. The largest absolute Gasteiger partial charge is 0.495 e. The summed E-state index contributed by atoms with van der Waals surface area (Å²) in [6.45, 7) is 8.15. The Labute approximate surface area is 224 Å². The first-order chi connectivity index (χ1) is 17.3. The number of carbonyl (C=O) groups excluding carboxylic acids is 1. The Balaban J connectivity index is 2.78. The minimum Gasteiger partial charge on any atom is -0.495 e. The zero-order valence-electron chi connectivity index (χ0n) is 23.2. The standard InChI is InChI=1S/C30H47ClN2O3/c1-8-10-15-27(35-6)20-24(16-17-34)19-26(32-4)14-12-11-13-23(3)18-25-21-28(33(5)9-2)30(31)29(22-25)36-7/h9,11-13,17,21-22,24,26-27,32H,2,8,10,14-16,18-20H2,1,3-7H3/b12-11+,23-13+. The number of nitrogens with zero attached hydrogens (tertiary/aromatic N) is 1. The summed E-state index contributed by atoms with van der Waals surface area (Å²) in [4.78, 5) is 13.2. The van der Waals surface area contributed by atoms with Crippen molar-refractivity contribution in [3.63, 3.8) is 0 Å². The van der Waals surface area contributed by atoms with Crippen LogP contribution in [0.3, 0.4) is 0 Å². The van der Waals surface area contributed by atoms with Crippen molar-refractivity contribution in [1.29, 1.82) is 0 Å². The maximum absolute atomic E-state index is 11.3. The molecule has 0 saturated carbocycles. The van der Waals surface area contributed by atoms with Crippen LogP contribution in [0.5, 0.6) is 5.75 Å². The van der Waals surface area contributed by atoms with Crippen molar-refractivity contribution < 1.29 is 14.3 Å². The van der Waals surface area contributed by atoms with Gasteiger partial charge in [-0.05, 0) is 75.9 Å². The Bertz CT molecular complexity index is 853. The van der Waals surface area contributed by atoms with Crippen molar-refractivity contribution in [3.8, 4) is 5.75 Å². The van der Waals surface area contributed by atoms with Crippen molar-refractivity contribution in [1.82, 2.24) is 5.32 Å². The van der Waals surface area contributed by atoms with Crippen molar-refractivity contribution in [2.45, 2.75) is 77.4 Å². The molecule has 0 fully saturated rings. The van der Waals surface area contributed by atoms with Gasteiger partial charge in [-0.1, -0.05) is 61.7 Å². The van der Waals surface area contributed by atoms with Crippen LogP contribution in [0.15, 0.2) is 48.7 Å². The fourth-order valence-corrected chi connectivity index (χ4v) is 4.71. The van der Waals surface area contributed by atoms with Gasteiger partial charge in [-0.25, -0.2) is 0 Å². The van der Waals surface area contributed by atoms with E-state index in [0.717, 1.165) is 62.5 Å². The average Bonchev–Trinajstić information content (AvgIpc) is 2.88. The van der Waals surface area contributed by atoms with E-state index in [1.165, 1.54) is 5.57 Å². The van der Waals surface area contributed by atoms with Gasteiger partial charge in [0.05, 0.1) is 18.9 Å². The van der Waals surface area contributed by atoms with Crippen molar-refractivity contribution in [2.75, 3.05) is 33.2 Å². The topological polar surface area (TPSA) is 50.8 Å². The Morgan fingerprint density at radius 1 is 1.25 bits per heavy atom. The number of carbonyl (C=O) groups is 1. The molecule has 0 heterocycles. The van der Waals surface area contributed by atoms with Crippen LogP contribution >= 0.6 is 11.6 Å².